The first-order chi connectivity index (χ1) is 13.3. The molecule has 1 aliphatic rings. The molecule has 2 atom stereocenters. The molecule has 3 N–H and O–H groups in total. The van der Waals surface area contributed by atoms with Crippen molar-refractivity contribution in [2.45, 2.75) is 18.6 Å². The van der Waals surface area contributed by atoms with Crippen LogP contribution in [0.3, 0.4) is 0 Å². The van der Waals surface area contributed by atoms with Gasteiger partial charge in [-0.1, -0.05) is 36.4 Å². The standard InChI is InChI=1S/C20H21F3N2O3/c21-20(22,23)18-9-15(6-7-17(18)14-4-2-1-3-5-14)24-19(28)25-10-13(11-26)8-16(25)12-27/h1-7,9,13,16,26-27H,8,10-12H2,(H,24,28). The molecule has 0 bridgehead atoms. The van der Waals surface area contributed by atoms with Gasteiger partial charge in [0.2, 0.25) is 0 Å². The van der Waals surface area contributed by atoms with Gasteiger partial charge in [0, 0.05) is 24.8 Å². The number of amides is 2. The lowest BCUT2D eigenvalue weighted by Crippen LogP contribution is -2.40. The topological polar surface area (TPSA) is 72.8 Å². The lowest BCUT2D eigenvalue weighted by atomic mass is 9.98. The Morgan fingerprint density at radius 2 is 1.82 bits per heavy atom. The number of nitrogens with one attached hydrogen (secondary N) is 1. The van der Waals surface area contributed by atoms with Gasteiger partial charge in [-0.15, -0.1) is 0 Å². The van der Waals surface area contributed by atoms with Gasteiger partial charge in [-0.05, 0) is 29.7 Å². The van der Waals surface area contributed by atoms with Gasteiger partial charge in [0.1, 0.15) is 0 Å². The molecule has 0 spiro atoms. The predicted molar refractivity (Wildman–Crippen MR) is 98.7 cm³/mol. The zero-order valence-corrected chi connectivity index (χ0v) is 15.0. The van der Waals surface area contributed by atoms with E-state index in [-0.39, 0.29) is 36.9 Å². The molecule has 2 unspecified atom stereocenters. The summed E-state index contributed by atoms with van der Waals surface area (Å²) in [5.41, 5.74) is -0.370. The Bertz CT molecular complexity index is 827. The number of anilines is 1. The second kappa shape index (κ2) is 8.20. The number of rotatable bonds is 4. The van der Waals surface area contributed by atoms with Crippen LogP contribution < -0.4 is 5.32 Å². The van der Waals surface area contributed by atoms with E-state index >= 15 is 0 Å². The maximum Gasteiger partial charge on any atom is 0.417 e. The summed E-state index contributed by atoms with van der Waals surface area (Å²) < 4.78 is 40.7. The number of halogens is 3. The Morgan fingerprint density at radius 3 is 2.43 bits per heavy atom. The number of hydrogen-bond donors (Lipinski definition) is 3. The fourth-order valence-corrected chi connectivity index (χ4v) is 3.49. The number of likely N-dealkylation sites (tertiary alicyclic amines) is 1. The first kappa shape index (κ1) is 20.2. The molecule has 0 aliphatic carbocycles. The Balaban J connectivity index is 1.86. The number of aliphatic hydroxyl groups is 2. The minimum Gasteiger partial charge on any atom is -0.396 e. The Hall–Kier alpha value is -2.58. The van der Waals surface area contributed by atoms with Crippen LogP contribution in [0.1, 0.15) is 12.0 Å². The van der Waals surface area contributed by atoms with E-state index < -0.39 is 23.8 Å². The molecule has 1 heterocycles. The molecule has 2 aromatic rings. The van der Waals surface area contributed by atoms with Crippen LogP contribution in [0, 0.1) is 5.92 Å². The lowest BCUT2D eigenvalue weighted by molar-refractivity contribution is -0.137. The summed E-state index contributed by atoms with van der Waals surface area (Å²) in [5, 5.41) is 21.2. The second-order valence-corrected chi connectivity index (χ2v) is 6.83. The van der Waals surface area contributed by atoms with E-state index in [4.69, 9.17) is 0 Å². The van der Waals surface area contributed by atoms with E-state index in [1.807, 2.05) is 0 Å². The molecule has 1 aliphatic heterocycles. The third kappa shape index (κ3) is 4.28. The van der Waals surface area contributed by atoms with Gasteiger partial charge < -0.3 is 20.4 Å². The molecule has 1 fully saturated rings. The lowest BCUT2D eigenvalue weighted by Gasteiger charge is -2.24. The number of urea groups is 1. The highest BCUT2D eigenvalue weighted by molar-refractivity contribution is 5.90. The highest BCUT2D eigenvalue weighted by atomic mass is 19.4. The van der Waals surface area contributed by atoms with Gasteiger partial charge in [0.15, 0.2) is 0 Å². The number of alkyl halides is 3. The van der Waals surface area contributed by atoms with Crippen molar-refractivity contribution in [3.63, 3.8) is 0 Å². The summed E-state index contributed by atoms with van der Waals surface area (Å²) in [7, 11) is 0. The van der Waals surface area contributed by atoms with Crippen LogP contribution in [0.5, 0.6) is 0 Å². The summed E-state index contributed by atoms with van der Waals surface area (Å²) in [6.07, 6.45) is -4.14. The van der Waals surface area contributed by atoms with Crippen molar-refractivity contribution in [3.05, 3.63) is 54.1 Å². The monoisotopic (exact) mass is 394 g/mol. The molecule has 0 aromatic heterocycles. The van der Waals surface area contributed by atoms with Gasteiger partial charge in [-0.2, -0.15) is 13.2 Å². The average molecular weight is 394 g/mol. The minimum absolute atomic E-state index is 0.0149. The molecule has 1 saturated heterocycles. The van der Waals surface area contributed by atoms with E-state index in [0.29, 0.717) is 12.0 Å². The summed E-state index contributed by atoms with van der Waals surface area (Å²) >= 11 is 0. The predicted octanol–water partition coefficient (Wildman–Crippen LogP) is 3.58. The third-order valence-electron chi connectivity index (χ3n) is 4.89. The third-order valence-corrected chi connectivity index (χ3v) is 4.89. The molecular weight excluding hydrogens is 373 g/mol. The molecular formula is C20H21F3N2O3. The van der Waals surface area contributed by atoms with Crippen molar-refractivity contribution >= 4 is 11.7 Å². The maximum atomic E-state index is 13.6. The highest BCUT2D eigenvalue weighted by Crippen LogP contribution is 2.38. The molecule has 5 nitrogen and oxygen atoms in total. The van der Waals surface area contributed by atoms with Crippen LogP contribution in [0.25, 0.3) is 11.1 Å². The summed E-state index contributed by atoms with van der Waals surface area (Å²) in [4.78, 5) is 13.8. The van der Waals surface area contributed by atoms with E-state index in [1.165, 1.54) is 17.0 Å². The van der Waals surface area contributed by atoms with E-state index in [1.54, 1.807) is 30.3 Å². The van der Waals surface area contributed by atoms with Gasteiger partial charge in [0.05, 0.1) is 18.2 Å². The maximum absolute atomic E-state index is 13.6. The largest absolute Gasteiger partial charge is 0.417 e. The molecule has 3 rings (SSSR count). The van der Waals surface area contributed by atoms with Crippen LogP contribution in [0.2, 0.25) is 0 Å². The number of benzene rings is 2. The van der Waals surface area contributed by atoms with E-state index in [9.17, 15) is 28.2 Å². The van der Waals surface area contributed by atoms with Crippen molar-refractivity contribution in [3.8, 4) is 11.1 Å². The fraction of sp³-hybridized carbons (Fsp3) is 0.350. The zero-order chi connectivity index (χ0) is 20.3. The molecule has 2 amide bonds. The van der Waals surface area contributed by atoms with Crippen molar-refractivity contribution in [2.75, 3.05) is 25.1 Å². The molecule has 2 aromatic carbocycles. The normalized spacial score (nSPS) is 19.7. The van der Waals surface area contributed by atoms with E-state index in [0.717, 1.165) is 6.07 Å². The van der Waals surface area contributed by atoms with Gasteiger partial charge in [0.25, 0.3) is 0 Å². The van der Waals surface area contributed by atoms with E-state index in [2.05, 4.69) is 5.32 Å². The first-order valence-corrected chi connectivity index (χ1v) is 8.89. The SMILES string of the molecule is O=C(Nc1ccc(-c2ccccc2)c(C(F)(F)F)c1)N1CC(CO)CC1CO. The van der Waals surface area contributed by atoms with Gasteiger partial charge >= 0.3 is 12.2 Å². The highest BCUT2D eigenvalue weighted by Gasteiger charge is 2.36. The summed E-state index contributed by atoms with van der Waals surface area (Å²) in [6, 6.07) is 10.8. The van der Waals surface area contributed by atoms with Gasteiger partial charge in [-0.3, -0.25) is 0 Å². The number of carbonyl (C=O) groups is 1. The average Bonchev–Trinajstić information content (AvgIpc) is 3.12. The Labute approximate surface area is 160 Å². The minimum atomic E-state index is -4.59. The first-order valence-electron chi connectivity index (χ1n) is 8.89. The molecule has 0 saturated carbocycles. The number of carbonyl (C=O) groups excluding carboxylic acids is 1. The molecule has 150 valence electrons. The summed E-state index contributed by atoms with van der Waals surface area (Å²) in [6.45, 7) is -0.156. The number of hydrogen-bond acceptors (Lipinski definition) is 3. The van der Waals surface area contributed by atoms with Crippen LogP contribution in [-0.2, 0) is 6.18 Å². The molecule has 28 heavy (non-hydrogen) atoms. The summed E-state index contributed by atoms with van der Waals surface area (Å²) in [5.74, 6) is -0.158. The van der Waals surface area contributed by atoms with Crippen molar-refractivity contribution in [1.29, 1.82) is 0 Å². The van der Waals surface area contributed by atoms with Crippen LogP contribution >= 0.6 is 0 Å². The van der Waals surface area contributed by atoms with Crippen LogP contribution in [-0.4, -0.2) is 46.9 Å². The number of aliphatic hydroxyl groups excluding tert-OH is 2. The van der Waals surface area contributed by atoms with Crippen molar-refractivity contribution < 1.29 is 28.2 Å². The van der Waals surface area contributed by atoms with Crippen LogP contribution in [0.4, 0.5) is 23.7 Å². The molecule has 0 radical (unpaired) electrons. The van der Waals surface area contributed by atoms with Gasteiger partial charge in [-0.25, -0.2) is 4.79 Å². The number of nitrogens with zero attached hydrogens (tertiary/aromatic N) is 1. The quantitative estimate of drug-likeness (QED) is 0.742. The Morgan fingerprint density at radius 1 is 1.11 bits per heavy atom. The smallest absolute Gasteiger partial charge is 0.396 e. The second-order valence-electron chi connectivity index (χ2n) is 6.83. The van der Waals surface area contributed by atoms with Crippen LogP contribution in [0.15, 0.2) is 48.5 Å². The molecule has 8 heteroatoms. The van der Waals surface area contributed by atoms with Crippen molar-refractivity contribution in [2.24, 2.45) is 5.92 Å². The Kier molecular flexibility index (Phi) is 5.90. The zero-order valence-electron chi connectivity index (χ0n) is 15.0. The van der Waals surface area contributed by atoms with Crippen molar-refractivity contribution in [1.82, 2.24) is 4.90 Å². The fourth-order valence-electron chi connectivity index (χ4n) is 3.49.